The minimum atomic E-state index is -1.06. The fourth-order valence-corrected chi connectivity index (χ4v) is 2.46. The Morgan fingerprint density at radius 3 is 2.17 bits per heavy atom. The highest BCUT2D eigenvalue weighted by Gasteiger charge is 2.35. The van der Waals surface area contributed by atoms with E-state index in [9.17, 15) is 14.7 Å². The summed E-state index contributed by atoms with van der Waals surface area (Å²) in [5.41, 5.74) is 5.59. The monoisotopic (exact) mass is 337 g/mol. The third kappa shape index (κ3) is 5.81. The van der Waals surface area contributed by atoms with Gasteiger partial charge in [-0.1, -0.05) is 26.8 Å². The van der Waals surface area contributed by atoms with Crippen LogP contribution in [0.15, 0.2) is 18.3 Å². The smallest absolute Gasteiger partial charge is 0.413 e. The van der Waals surface area contributed by atoms with Crippen molar-refractivity contribution in [3.8, 4) is 0 Å². The van der Waals surface area contributed by atoms with Crippen LogP contribution in [0.1, 0.15) is 53.0 Å². The number of carbonyl (C=O) groups excluding carboxylic acids is 1. The molecule has 0 spiro atoms. The van der Waals surface area contributed by atoms with Crippen molar-refractivity contribution in [2.75, 3.05) is 5.32 Å². The Bertz CT molecular complexity index is 585. The summed E-state index contributed by atoms with van der Waals surface area (Å²) in [6, 6.07) is 2.28. The van der Waals surface area contributed by atoms with Gasteiger partial charge in [0.25, 0.3) is 0 Å². The molecule has 0 aliphatic heterocycles. The summed E-state index contributed by atoms with van der Waals surface area (Å²) in [4.78, 5) is 27.2. The molecule has 24 heavy (non-hydrogen) atoms. The third-order valence-electron chi connectivity index (χ3n) is 3.35. The van der Waals surface area contributed by atoms with Gasteiger partial charge in [-0.15, -0.1) is 0 Å². The first-order valence-corrected chi connectivity index (χ1v) is 7.75. The maximum atomic E-state index is 11.7. The standard InChI is InChI=1S/C17H27N3O4/c1-16(2,3)12(13(18)14(21)22)10-7-8-11(19-9-10)20-15(23)24-17(4,5)6/h7-9,12-13H,18H2,1-6H3,(H,21,22)(H,19,20,23). The van der Waals surface area contributed by atoms with Crippen LogP contribution in [0.3, 0.4) is 0 Å². The number of nitrogens with zero attached hydrogens (tertiary/aromatic N) is 1. The van der Waals surface area contributed by atoms with Gasteiger partial charge in [0.15, 0.2) is 0 Å². The first kappa shape index (κ1) is 19.9. The van der Waals surface area contributed by atoms with Crippen LogP contribution in [0.5, 0.6) is 0 Å². The number of aliphatic carboxylic acids is 1. The lowest BCUT2D eigenvalue weighted by Crippen LogP contribution is -2.42. The van der Waals surface area contributed by atoms with Gasteiger partial charge in [-0.2, -0.15) is 0 Å². The number of hydrogen-bond acceptors (Lipinski definition) is 5. The summed E-state index contributed by atoms with van der Waals surface area (Å²) in [6.45, 7) is 11.1. The first-order valence-electron chi connectivity index (χ1n) is 7.75. The summed E-state index contributed by atoms with van der Waals surface area (Å²) < 4.78 is 5.16. The number of rotatable bonds is 4. The van der Waals surface area contributed by atoms with Crippen molar-refractivity contribution in [2.45, 2.75) is 59.1 Å². The molecule has 0 saturated carbocycles. The first-order chi connectivity index (χ1) is 10.8. The van der Waals surface area contributed by atoms with Gasteiger partial charge in [-0.25, -0.2) is 9.78 Å². The zero-order valence-electron chi connectivity index (χ0n) is 15.1. The Kier molecular flexibility index (Phi) is 5.94. The highest BCUT2D eigenvalue weighted by atomic mass is 16.6. The molecule has 4 N–H and O–H groups in total. The molecular formula is C17H27N3O4. The minimum Gasteiger partial charge on any atom is -0.480 e. The predicted octanol–water partition coefficient (Wildman–Crippen LogP) is 2.97. The second-order valence-electron chi connectivity index (χ2n) is 7.81. The summed E-state index contributed by atoms with van der Waals surface area (Å²) in [6.07, 6.45) is 0.933. The van der Waals surface area contributed by atoms with Gasteiger partial charge in [0, 0.05) is 12.1 Å². The summed E-state index contributed by atoms with van der Waals surface area (Å²) >= 11 is 0. The average Bonchev–Trinajstić information content (AvgIpc) is 2.36. The van der Waals surface area contributed by atoms with Gasteiger partial charge >= 0.3 is 12.1 Å². The molecule has 0 bridgehead atoms. The van der Waals surface area contributed by atoms with E-state index in [1.807, 2.05) is 20.8 Å². The Labute approximate surface area is 142 Å². The average molecular weight is 337 g/mol. The topological polar surface area (TPSA) is 115 Å². The lowest BCUT2D eigenvalue weighted by atomic mass is 9.73. The van der Waals surface area contributed by atoms with Crippen molar-refractivity contribution < 1.29 is 19.4 Å². The third-order valence-corrected chi connectivity index (χ3v) is 3.35. The fraction of sp³-hybridized carbons (Fsp3) is 0.588. The summed E-state index contributed by atoms with van der Waals surface area (Å²) in [5, 5.41) is 11.8. The quantitative estimate of drug-likeness (QED) is 0.778. The number of anilines is 1. The molecule has 0 aromatic carbocycles. The van der Waals surface area contributed by atoms with Crippen LogP contribution in [0, 0.1) is 5.41 Å². The van der Waals surface area contributed by atoms with Crippen molar-refractivity contribution in [2.24, 2.45) is 11.1 Å². The van der Waals surface area contributed by atoms with Crippen molar-refractivity contribution in [1.82, 2.24) is 4.98 Å². The highest BCUT2D eigenvalue weighted by molar-refractivity contribution is 5.83. The van der Waals surface area contributed by atoms with E-state index in [1.54, 1.807) is 32.9 Å². The molecule has 2 unspecified atom stereocenters. The van der Waals surface area contributed by atoms with Gasteiger partial charge in [0.2, 0.25) is 0 Å². The Balaban J connectivity index is 2.95. The molecule has 2 atom stereocenters. The van der Waals surface area contributed by atoms with Gasteiger partial charge in [-0.3, -0.25) is 10.1 Å². The molecule has 7 nitrogen and oxygen atoms in total. The van der Waals surface area contributed by atoms with E-state index < -0.39 is 29.6 Å². The molecular weight excluding hydrogens is 310 g/mol. The second-order valence-corrected chi connectivity index (χ2v) is 7.81. The van der Waals surface area contributed by atoms with E-state index in [0.29, 0.717) is 11.4 Å². The van der Waals surface area contributed by atoms with E-state index in [2.05, 4.69) is 10.3 Å². The Morgan fingerprint density at radius 1 is 1.21 bits per heavy atom. The molecule has 0 fully saturated rings. The van der Waals surface area contributed by atoms with E-state index >= 15 is 0 Å². The van der Waals surface area contributed by atoms with Gasteiger partial charge < -0.3 is 15.6 Å². The summed E-state index contributed by atoms with van der Waals surface area (Å²) in [7, 11) is 0. The molecule has 134 valence electrons. The normalized spacial score (nSPS) is 14.6. The maximum Gasteiger partial charge on any atom is 0.413 e. The van der Waals surface area contributed by atoms with E-state index in [4.69, 9.17) is 10.5 Å². The largest absolute Gasteiger partial charge is 0.480 e. The van der Waals surface area contributed by atoms with Gasteiger partial charge in [0.1, 0.15) is 17.5 Å². The number of carboxylic acids is 1. The predicted molar refractivity (Wildman–Crippen MR) is 91.9 cm³/mol. The molecule has 1 rings (SSSR count). The molecule has 0 saturated heterocycles. The highest BCUT2D eigenvalue weighted by Crippen LogP contribution is 2.37. The maximum absolute atomic E-state index is 11.7. The molecule has 0 aliphatic carbocycles. The van der Waals surface area contributed by atoms with Crippen molar-refractivity contribution in [1.29, 1.82) is 0 Å². The molecule has 0 radical (unpaired) electrons. The van der Waals surface area contributed by atoms with Crippen LogP contribution in [0.25, 0.3) is 0 Å². The van der Waals surface area contributed by atoms with Crippen molar-refractivity contribution in [3.63, 3.8) is 0 Å². The number of hydrogen-bond donors (Lipinski definition) is 3. The number of aromatic nitrogens is 1. The zero-order valence-corrected chi connectivity index (χ0v) is 15.1. The number of nitrogens with two attached hydrogens (primary N) is 1. The van der Waals surface area contributed by atoms with Crippen LogP contribution < -0.4 is 11.1 Å². The Hall–Kier alpha value is -2.15. The summed E-state index contributed by atoms with van der Waals surface area (Å²) in [5.74, 6) is -1.16. The van der Waals surface area contributed by atoms with E-state index in [0.717, 1.165) is 0 Å². The number of carboxylic acid groups (broad SMARTS) is 1. The molecule has 0 aliphatic rings. The molecule has 1 heterocycles. The number of carbonyl (C=O) groups is 2. The molecule has 1 aromatic heterocycles. The van der Waals surface area contributed by atoms with Crippen LogP contribution in [-0.4, -0.2) is 33.8 Å². The molecule has 1 amide bonds. The van der Waals surface area contributed by atoms with Gasteiger partial charge in [0.05, 0.1) is 0 Å². The van der Waals surface area contributed by atoms with E-state index in [1.165, 1.54) is 6.20 Å². The lowest BCUT2D eigenvalue weighted by molar-refractivity contribution is -0.139. The van der Waals surface area contributed by atoms with Crippen LogP contribution in [0.2, 0.25) is 0 Å². The van der Waals surface area contributed by atoms with Crippen molar-refractivity contribution >= 4 is 17.9 Å². The van der Waals surface area contributed by atoms with Crippen LogP contribution in [0.4, 0.5) is 10.6 Å². The second kappa shape index (κ2) is 7.17. The van der Waals surface area contributed by atoms with Gasteiger partial charge in [-0.05, 0) is 37.8 Å². The lowest BCUT2D eigenvalue weighted by Gasteiger charge is -2.33. The van der Waals surface area contributed by atoms with Crippen molar-refractivity contribution in [3.05, 3.63) is 23.9 Å². The van der Waals surface area contributed by atoms with Crippen LogP contribution >= 0.6 is 0 Å². The van der Waals surface area contributed by atoms with E-state index in [-0.39, 0.29) is 5.41 Å². The fourth-order valence-electron chi connectivity index (χ4n) is 2.46. The molecule has 7 heteroatoms. The number of nitrogens with one attached hydrogen (secondary N) is 1. The SMILES string of the molecule is CC(C)(C)OC(=O)Nc1ccc(C(C(N)C(=O)O)C(C)(C)C)cn1. The van der Waals surface area contributed by atoms with Crippen LogP contribution in [-0.2, 0) is 9.53 Å². The minimum absolute atomic E-state index is 0.324. The number of pyridine rings is 1. The Morgan fingerprint density at radius 2 is 1.79 bits per heavy atom. The number of amides is 1. The number of ether oxygens (including phenoxy) is 1. The molecule has 1 aromatic rings. The zero-order chi connectivity index (χ0) is 18.7.